The molecule has 0 aromatic carbocycles. The van der Waals surface area contributed by atoms with Crippen molar-refractivity contribution >= 4 is 29.6 Å². The average molecular weight is 399 g/mol. The van der Waals surface area contributed by atoms with Gasteiger partial charge in [0.1, 0.15) is 5.83 Å². The highest BCUT2D eigenvalue weighted by Gasteiger charge is 2.23. The Hall–Kier alpha value is -1.62. The van der Waals surface area contributed by atoms with Gasteiger partial charge in [-0.1, -0.05) is 48.0 Å². The highest BCUT2D eigenvalue weighted by atomic mass is 35.5. The quantitative estimate of drug-likeness (QED) is 0.419. The molecule has 26 heavy (non-hydrogen) atoms. The Morgan fingerprint density at radius 1 is 1.27 bits per heavy atom. The van der Waals surface area contributed by atoms with E-state index in [0.29, 0.717) is 29.0 Å². The predicted molar refractivity (Wildman–Crippen MR) is 108 cm³/mol. The van der Waals surface area contributed by atoms with Crippen molar-refractivity contribution in [2.45, 2.75) is 20.3 Å². The molecule has 142 valence electrons. The molecule has 6 heteroatoms. The topological polar surface area (TPSA) is 41.1 Å². The summed E-state index contributed by atoms with van der Waals surface area (Å²) < 4.78 is 13.6. The molecular weight excluding hydrogens is 374 g/mol. The zero-order valence-corrected chi connectivity index (χ0v) is 16.6. The van der Waals surface area contributed by atoms with Crippen LogP contribution in [0.1, 0.15) is 20.3 Å². The largest absolute Gasteiger partial charge is 0.333 e. The van der Waals surface area contributed by atoms with Crippen LogP contribution in [0.3, 0.4) is 0 Å². The summed E-state index contributed by atoms with van der Waals surface area (Å²) in [5.74, 6) is 0.230. The van der Waals surface area contributed by atoms with E-state index in [9.17, 15) is 9.18 Å². The van der Waals surface area contributed by atoms with Crippen molar-refractivity contribution in [3.63, 3.8) is 0 Å². The number of allylic oxidation sites excluding steroid dienone is 10. The van der Waals surface area contributed by atoms with Crippen molar-refractivity contribution < 1.29 is 9.18 Å². The molecule has 1 aliphatic rings. The van der Waals surface area contributed by atoms with Gasteiger partial charge in [-0.2, -0.15) is 0 Å². The SMILES string of the molecule is C=C/C(Cl)=C(F)\C=C/CC1CNCC1/C=C/C(C)=C(Cl)\C=C(/C)NC=O. The lowest BCUT2D eigenvalue weighted by Crippen LogP contribution is -2.09. The molecule has 0 spiro atoms. The van der Waals surface area contributed by atoms with Crippen molar-refractivity contribution in [3.05, 3.63) is 70.2 Å². The normalized spacial score (nSPS) is 23.2. The minimum Gasteiger partial charge on any atom is -0.333 e. The number of hydrogen-bond donors (Lipinski definition) is 2. The van der Waals surface area contributed by atoms with Gasteiger partial charge in [-0.05, 0) is 62.5 Å². The van der Waals surface area contributed by atoms with Gasteiger partial charge < -0.3 is 10.6 Å². The molecule has 1 saturated heterocycles. The van der Waals surface area contributed by atoms with Crippen molar-refractivity contribution in [1.82, 2.24) is 10.6 Å². The van der Waals surface area contributed by atoms with Crippen molar-refractivity contribution in [2.75, 3.05) is 13.1 Å². The van der Waals surface area contributed by atoms with Gasteiger partial charge in [-0.15, -0.1) is 0 Å². The second kappa shape index (κ2) is 11.9. The summed E-state index contributed by atoms with van der Waals surface area (Å²) in [6, 6.07) is 0. The molecule has 0 aliphatic carbocycles. The van der Waals surface area contributed by atoms with Crippen LogP contribution >= 0.6 is 23.2 Å². The zero-order chi connectivity index (χ0) is 19.5. The minimum absolute atomic E-state index is 0.0186. The Labute approximate surface area is 165 Å². The summed E-state index contributed by atoms with van der Waals surface area (Å²) in [4.78, 5) is 10.4. The minimum atomic E-state index is -0.476. The standard InChI is InChI=1S/C20H25Cl2FN2O/c1-4-18(21)20(23)7-5-6-16-11-24-12-17(16)9-8-14(2)19(22)10-15(3)25-13-26/h4-5,7-10,13,16-17,24H,1,6,11-12H2,2-3H3,(H,25,26)/b7-5-,9-8+,15-10+,19-14+,20-18-. The van der Waals surface area contributed by atoms with Gasteiger partial charge in [-0.25, -0.2) is 4.39 Å². The third-order valence-electron chi connectivity index (χ3n) is 4.10. The van der Waals surface area contributed by atoms with E-state index in [1.165, 1.54) is 12.2 Å². The van der Waals surface area contributed by atoms with E-state index in [0.717, 1.165) is 25.1 Å². The lowest BCUT2D eigenvalue weighted by atomic mass is 9.92. The number of carbonyl (C=O) groups is 1. The molecule has 2 N–H and O–H groups in total. The van der Waals surface area contributed by atoms with Gasteiger partial charge in [0.2, 0.25) is 6.41 Å². The summed E-state index contributed by atoms with van der Waals surface area (Å²) in [5.41, 5.74) is 1.59. The molecule has 0 bridgehead atoms. The van der Waals surface area contributed by atoms with Crippen LogP contribution in [0.4, 0.5) is 4.39 Å². The van der Waals surface area contributed by atoms with Crippen LogP contribution in [0.25, 0.3) is 0 Å². The number of hydrogen-bond acceptors (Lipinski definition) is 2. The van der Waals surface area contributed by atoms with Crippen LogP contribution in [0.15, 0.2) is 70.2 Å². The van der Waals surface area contributed by atoms with Crippen LogP contribution < -0.4 is 10.6 Å². The molecule has 0 aromatic rings. The number of rotatable bonds is 9. The Balaban J connectivity index is 2.72. The second-order valence-corrected chi connectivity index (χ2v) is 6.91. The van der Waals surface area contributed by atoms with Crippen LogP contribution in [-0.4, -0.2) is 19.5 Å². The van der Waals surface area contributed by atoms with E-state index in [1.54, 1.807) is 19.1 Å². The first-order chi connectivity index (χ1) is 12.4. The Morgan fingerprint density at radius 3 is 2.65 bits per heavy atom. The van der Waals surface area contributed by atoms with E-state index in [2.05, 4.69) is 23.3 Å². The van der Waals surface area contributed by atoms with Crippen LogP contribution in [0.5, 0.6) is 0 Å². The van der Waals surface area contributed by atoms with Crippen molar-refractivity contribution in [1.29, 1.82) is 0 Å². The van der Waals surface area contributed by atoms with Crippen molar-refractivity contribution in [3.8, 4) is 0 Å². The van der Waals surface area contributed by atoms with E-state index in [-0.39, 0.29) is 5.03 Å². The molecule has 2 unspecified atom stereocenters. The van der Waals surface area contributed by atoms with E-state index >= 15 is 0 Å². The number of amides is 1. The molecular formula is C20H25Cl2FN2O. The maximum atomic E-state index is 13.6. The first kappa shape index (κ1) is 22.4. The highest BCUT2D eigenvalue weighted by Crippen LogP contribution is 2.24. The summed E-state index contributed by atoms with van der Waals surface area (Å²) in [7, 11) is 0. The maximum Gasteiger partial charge on any atom is 0.211 e. The Kier molecular flexibility index (Phi) is 10.3. The van der Waals surface area contributed by atoms with E-state index < -0.39 is 5.83 Å². The van der Waals surface area contributed by atoms with Gasteiger partial charge in [-0.3, -0.25) is 4.79 Å². The van der Waals surface area contributed by atoms with E-state index in [1.807, 2.05) is 13.0 Å². The molecule has 3 nitrogen and oxygen atoms in total. The highest BCUT2D eigenvalue weighted by molar-refractivity contribution is 6.32. The first-order valence-electron chi connectivity index (χ1n) is 8.37. The molecule has 0 saturated carbocycles. The molecule has 1 fully saturated rings. The van der Waals surface area contributed by atoms with Crippen molar-refractivity contribution in [2.24, 2.45) is 11.8 Å². The summed E-state index contributed by atoms with van der Waals surface area (Å²) >= 11 is 11.9. The molecule has 0 aromatic heterocycles. The smallest absolute Gasteiger partial charge is 0.211 e. The number of halogens is 3. The number of nitrogens with one attached hydrogen (secondary N) is 2. The van der Waals surface area contributed by atoms with E-state index in [4.69, 9.17) is 23.2 Å². The molecule has 0 radical (unpaired) electrons. The van der Waals surface area contributed by atoms with Gasteiger partial charge in [0, 0.05) is 17.3 Å². The first-order valence-corrected chi connectivity index (χ1v) is 9.12. The third-order valence-corrected chi connectivity index (χ3v) is 4.84. The summed E-state index contributed by atoms with van der Waals surface area (Å²) in [5, 5.41) is 6.49. The number of carbonyl (C=O) groups excluding carboxylic acids is 1. The Bertz CT molecular complexity index is 663. The molecule has 1 heterocycles. The molecule has 2 atom stereocenters. The lowest BCUT2D eigenvalue weighted by Gasteiger charge is -2.12. The maximum absolute atomic E-state index is 13.6. The van der Waals surface area contributed by atoms with Gasteiger partial charge in [0.25, 0.3) is 0 Å². The second-order valence-electron chi connectivity index (χ2n) is 6.10. The van der Waals surface area contributed by atoms with Gasteiger partial charge in [0.15, 0.2) is 0 Å². The predicted octanol–water partition coefficient (Wildman–Crippen LogP) is 5.09. The van der Waals surface area contributed by atoms with Crippen LogP contribution in [0.2, 0.25) is 0 Å². The van der Waals surface area contributed by atoms with Crippen LogP contribution in [-0.2, 0) is 4.79 Å². The zero-order valence-electron chi connectivity index (χ0n) is 15.1. The lowest BCUT2D eigenvalue weighted by molar-refractivity contribution is -0.108. The average Bonchev–Trinajstić information content (AvgIpc) is 3.06. The van der Waals surface area contributed by atoms with Gasteiger partial charge in [0.05, 0.1) is 5.03 Å². The monoisotopic (exact) mass is 398 g/mol. The summed E-state index contributed by atoms with van der Waals surface area (Å²) in [6.45, 7) is 8.86. The fourth-order valence-corrected chi connectivity index (χ4v) is 2.84. The summed E-state index contributed by atoms with van der Waals surface area (Å²) in [6.07, 6.45) is 11.6. The fourth-order valence-electron chi connectivity index (χ4n) is 2.55. The third kappa shape index (κ3) is 7.73. The molecule has 1 rings (SSSR count). The van der Waals surface area contributed by atoms with Crippen LogP contribution in [0, 0.1) is 11.8 Å². The fraction of sp³-hybridized carbons (Fsp3) is 0.350. The Morgan fingerprint density at radius 2 is 2.00 bits per heavy atom. The molecule has 1 amide bonds. The molecule has 1 aliphatic heterocycles. The van der Waals surface area contributed by atoms with Gasteiger partial charge >= 0.3 is 0 Å².